The van der Waals surface area contributed by atoms with E-state index in [0.717, 1.165) is 16.5 Å². The molecule has 0 saturated heterocycles. The van der Waals surface area contributed by atoms with Gasteiger partial charge in [0.15, 0.2) is 5.22 Å². The summed E-state index contributed by atoms with van der Waals surface area (Å²) < 4.78 is 11.0. The molecule has 0 aliphatic rings. The zero-order valence-corrected chi connectivity index (χ0v) is 13.3. The summed E-state index contributed by atoms with van der Waals surface area (Å²) in [6.45, 7) is 1.81. The summed E-state index contributed by atoms with van der Waals surface area (Å²) in [5.74, 6) is 1.50. The number of rotatable bonds is 6. The Bertz CT molecular complexity index is 770. The third-order valence-electron chi connectivity index (χ3n) is 3.29. The fourth-order valence-corrected chi connectivity index (χ4v) is 2.67. The van der Waals surface area contributed by atoms with Gasteiger partial charge in [-0.05, 0) is 35.2 Å². The third-order valence-corrected chi connectivity index (χ3v) is 3.89. The summed E-state index contributed by atoms with van der Waals surface area (Å²) in [6, 6.07) is 15.5. The number of ether oxygens (including phenoxy) is 1. The standard InChI is InChI=1S/C17H15Cl2NO2/c18-16-8-6-13(22-16)11-20-9-10-21-15-7-5-12-3-1-2-4-14(12)17(15)19/h1-8,20H,9-11H2. The van der Waals surface area contributed by atoms with Gasteiger partial charge in [0.05, 0.1) is 11.6 Å². The smallest absolute Gasteiger partial charge is 0.193 e. The highest BCUT2D eigenvalue weighted by Gasteiger charge is 2.06. The summed E-state index contributed by atoms with van der Waals surface area (Å²) in [5, 5.41) is 6.37. The molecule has 3 nitrogen and oxygen atoms in total. The monoisotopic (exact) mass is 335 g/mol. The molecule has 3 aromatic rings. The lowest BCUT2D eigenvalue weighted by molar-refractivity contribution is 0.311. The maximum Gasteiger partial charge on any atom is 0.193 e. The van der Waals surface area contributed by atoms with Gasteiger partial charge in [-0.25, -0.2) is 0 Å². The Hall–Kier alpha value is -1.68. The largest absolute Gasteiger partial charge is 0.491 e. The number of fused-ring (bicyclic) bond motifs is 1. The average Bonchev–Trinajstić information content (AvgIpc) is 2.95. The van der Waals surface area contributed by atoms with Crippen LogP contribution in [-0.2, 0) is 6.54 Å². The lowest BCUT2D eigenvalue weighted by Gasteiger charge is -2.10. The second-order valence-electron chi connectivity index (χ2n) is 4.83. The molecule has 0 aliphatic heterocycles. The molecular formula is C17H15Cl2NO2. The number of nitrogens with one attached hydrogen (secondary N) is 1. The van der Waals surface area contributed by atoms with Crippen LogP contribution in [0.1, 0.15) is 5.76 Å². The maximum atomic E-state index is 6.38. The van der Waals surface area contributed by atoms with Crippen LogP contribution < -0.4 is 10.1 Å². The van der Waals surface area contributed by atoms with Gasteiger partial charge < -0.3 is 14.5 Å². The molecule has 22 heavy (non-hydrogen) atoms. The van der Waals surface area contributed by atoms with E-state index in [1.165, 1.54) is 0 Å². The fourth-order valence-electron chi connectivity index (χ4n) is 2.22. The quantitative estimate of drug-likeness (QED) is 0.650. The van der Waals surface area contributed by atoms with Gasteiger partial charge in [-0.1, -0.05) is 41.9 Å². The van der Waals surface area contributed by atoms with Crippen LogP contribution in [0.3, 0.4) is 0 Å². The van der Waals surface area contributed by atoms with Crippen molar-refractivity contribution in [2.45, 2.75) is 6.54 Å². The molecule has 1 heterocycles. The van der Waals surface area contributed by atoms with Crippen molar-refractivity contribution in [2.24, 2.45) is 0 Å². The SMILES string of the molecule is Clc1ccc(CNCCOc2ccc3ccccc3c2Cl)o1. The highest BCUT2D eigenvalue weighted by molar-refractivity contribution is 6.37. The Balaban J connectivity index is 1.52. The van der Waals surface area contributed by atoms with Crippen LogP contribution in [0.15, 0.2) is 52.9 Å². The molecule has 1 aromatic heterocycles. The predicted octanol–water partition coefficient (Wildman–Crippen LogP) is 4.91. The molecule has 2 aromatic carbocycles. The van der Waals surface area contributed by atoms with E-state index in [4.69, 9.17) is 32.4 Å². The lowest BCUT2D eigenvalue weighted by Crippen LogP contribution is -2.20. The van der Waals surface area contributed by atoms with Crippen LogP contribution >= 0.6 is 23.2 Å². The van der Waals surface area contributed by atoms with E-state index >= 15 is 0 Å². The topological polar surface area (TPSA) is 34.4 Å². The number of halogens is 2. The average molecular weight is 336 g/mol. The van der Waals surface area contributed by atoms with Crippen molar-refractivity contribution in [3.63, 3.8) is 0 Å². The molecule has 0 saturated carbocycles. The second kappa shape index (κ2) is 7.05. The van der Waals surface area contributed by atoms with Crippen molar-refractivity contribution in [1.29, 1.82) is 0 Å². The maximum absolute atomic E-state index is 6.38. The van der Waals surface area contributed by atoms with E-state index < -0.39 is 0 Å². The van der Waals surface area contributed by atoms with Gasteiger partial charge in [0.1, 0.15) is 18.1 Å². The molecule has 0 unspecified atom stereocenters. The molecule has 5 heteroatoms. The van der Waals surface area contributed by atoms with Crippen LogP contribution in [0.4, 0.5) is 0 Å². The first-order chi connectivity index (χ1) is 10.7. The summed E-state index contributed by atoms with van der Waals surface area (Å²) in [6.07, 6.45) is 0. The zero-order valence-electron chi connectivity index (χ0n) is 11.8. The zero-order chi connectivity index (χ0) is 15.4. The minimum Gasteiger partial charge on any atom is -0.491 e. The highest BCUT2D eigenvalue weighted by Crippen LogP contribution is 2.32. The minimum atomic E-state index is 0.399. The van der Waals surface area contributed by atoms with Crippen LogP contribution in [0.2, 0.25) is 10.2 Å². The van der Waals surface area contributed by atoms with Gasteiger partial charge in [0.2, 0.25) is 0 Å². The van der Waals surface area contributed by atoms with E-state index in [1.807, 2.05) is 42.5 Å². The molecule has 1 N–H and O–H groups in total. The first-order valence-electron chi connectivity index (χ1n) is 6.99. The van der Waals surface area contributed by atoms with Gasteiger partial charge in [-0.3, -0.25) is 0 Å². The van der Waals surface area contributed by atoms with Gasteiger partial charge >= 0.3 is 0 Å². The number of hydrogen-bond donors (Lipinski definition) is 1. The van der Waals surface area contributed by atoms with Crippen LogP contribution in [-0.4, -0.2) is 13.2 Å². The Labute approximate surface area is 138 Å². The number of furan rings is 1. The number of hydrogen-bond acceptors (Lipinski definition) is 3. The van der Waals surface area contributed by atoms with Crippen molar-refractivity contribution >= 4 is 34.0 Å². The summed E-state index contributed by atoms with van der Waals surface area (Å²) in [4.78, 5) is 0. The molecule has 0 radical (unpaired) electrons. The molecule has 0 aliphatic carbocycles. The van der Waals surface area contributed by atoms with Gasteiger partial charge in [0.25, 0.3) is 0 Å². The number of benzene rings is 2. The Morgan fingerprint density at radius 2 is 1.86 bits per heavy atom. The van der Waals surface area contributed by atoms with Crippen LogP contribution in [0, 0.1) is 0 Å². The van der Waals surface area contributed by atoms with Crippen molar-refractivity contribution < 1.29 is 9.15 Å². The first kappa shape index (κ1) is 15.2. The molecule has 0 spiro atoms. The van der Waals surface area contributed by atoms with Crippen molar-refractivity contribution in [1.82, 2.24) is 5.32 Å². The van der Waals surface area contributed by atoms with Gasteiger partial charge in [-0.15, -0.1) is 0 Å². The second-order valence-corrected chi connectivity index (χ2v) is 5.58. The normalized spacial score (nSPS) is 11.0. The fraction of sp³-hybridized carbons (Fsp3) is 0.176. The van der Waals surface area contributed by atoms with E-state index in [0.29, 0.717) is 35.7 Å². The summed E-state index contributed by atoms with van der Waals surface area (Å²) in [7, 11) is 0. The van der Waals surface area contributed by atoms with E-state index in [2.05, 4.69) is 5.32 Å². The molecule has 114 valence electrons. The summed E-state index contributed by atoms with van der Waals surface area (Å²) in [5.41, 5.74) is 0. The van der Waals surface area contributed by atoms with Gasteiger partial charge in [0, 0.05) is 11.9 Å². The van der Waals surface area contributed by atoms with Crippen molar-refractivity contribution in [3.05, 3.63) is 64.5 Å². The Morgan fingerprint density at radius 1 is 1.00 bits per heavy atom. The van der Waals surface area contributed by atoms with Crippen molar-refractivity contribution in [3.8, 4) is 5.75 Å². The van der Waals surface area contributed by atoms with E-state index in [1.54, 1.807) is 6.07 Å². The molecule has 0 bridgehead atoms. The minimum absolute atomic E-state index is 0.399. The molecule has 0 fully saturated rings. The molecule has 3 rings (SSSR count). The van der Waals surface area contributed by atoms with Crippen molar-refractivity contribution in [2.75, 3.05) is 13.2 Å². The highest BCUT2D eigenvalue weighted by atomic mass is 35.5. The predicted molar refractivity (Wildman–Crippen MR) is 89.9 cm³/mol. The Morgan fingerprint density at radius 3 is 2.68 bits per heavy atom. The van der Waals surface area contributed by atoms with Crippen LogP contribution in [0.25, 0.3) is 10.8 Å². The third kappa shape index (κ3) is 3.55. The first-order valence-corrected chi connectivity index (χ1v) is 7.74. The summed E-state index contributed by atoms with van der Waals surface area (Å²) >= 11 is 12.1. The Kier molecular flexibility index (Phi) is 4.88. The lowest BCUT2D eigenvalue weighted by atomic mass is 10.1. The molecule has 0 amide bonds. The van der Waals surface area contributed by atoms with Crippen LogP contribution in [0.5, 0.6) is 5.75 Å². The van der Waals surface area contributed by atoms with E-state index in [-0.39, 0.29) is 0 Å². The van der Waals surface area contributed by atoms with Gasteiger partial charge in [-0.2, -0.15) is 0 Å². The molecule has 0 atom stereocenters. The molecular weight excluding hydrogens is 321 g/mol. The van der Waals surface area contributed by atoms with E-state index in [9.17, 15) is 0 Å².